The van der Waals surface area contributed by atoms with E-state index in [1.807, 2.05) is 0 Å². The number of nitrogens with one attached hydrogen (secondary N) is 1. The van der Waals surface area contributed by atoms with Crippen molar-refractivity contribution in [1.29, 1.82) is 0 Å². The molecule has 1 unspecified atom stereocenters. The third kappa shape index (κ3) is 6.74. The Morgan fingerprint density at radius 3 is 2.32 bits per heavy atom. The molecule has 2 nitrogen and oxygen atoms in total. The van der Waals surface area contributed by atoms with Crippen molar-refractivity contribution in [1.82, 2.24) is 10.2 Å². The van der Waals surface area contributed by atoms with E-state index >= 15 is 0 Å². The van der Waals surface area contributed by atoms with Crippen molar-refractivity contribution in [3.05, 3.63) is 35.9 Å². The van der Waals surface area contributed by atoms with Gasteiger partial charge in [0, 0.05) is 19.1 Å². The molecule has 0 bridgehead atoms. The average Bonchev–Trinajstić information content (AvgIpc) is 2.33. The largest absolute Gasteiger partial charge is 0.309 e. The average molecular weight is 262 g/mol. The van der Waals surface area contributed by atoms with Crippen molar-refractivity contribution in [3.63, 3.8) is 0 Å². The Labute approximate surface area is 119 Å². The van der Waals surface area contributed by atoms with Gasteiger partial charge in [0.05, 0.1) is 0 Å². The number of benzene rings is 1. The van der Waals surface area contributed by atoms with Crippen molar-refractivity contribution in [2.75, 3.05) is 26.7 Å². The summed E-state index contributed by atoms with van der Waals surface area (Å²) >= 11 is 0. The van der Waals surface area contributed by atoms with Crippen LogP contribution in [0.25, 0.3) is 0 Å². The van der Waals surface area contributed by atoms with Crippen LogP contribution in [0.2, 0.25) is 0 Å². The summed E-state index contributed by atoms with van der Waals surface area (Å²) in [6, 6.07) is 11.2. The molecule has 1 aromatic rings. The highest BCUT2D eigenvalue weighted by atomic mass is 15.1. The van der Waals surface area contributed by atoms with Gasteiger partial charge in [-0.3, -0.25) is 0 Å². The summed E-state index contributed by atoms with van der Waals surface area (Å²) in [4.78, 5) is 2.43. The van der Waals surface area contributed by atoms with Crippen molar-refractivity contribution >= 4 is 0 Å². The van der Waals surface area contributed by atoms with Crippen LogP contribution in [0, 0.1) is 5.41 Å². The van der Waals surface area contributed by atoms with E-state index in [0.717, 1.165) is 19.6 Å². The van der Waals surface area contributed by atoms with Crippen LogP contribution in [-0.2, 0) is 0 Å². The molecule has 1 rings (SSSR count). The lowest BCUT2D eigenvalue weighted by Gasteiger charge is -2.30. The molecular formula is C17H30N2. The van der Waals surface area contributed by atoms with Crippen LogP contribution in [0.15, 0.2) is 30.3 Å². The summed E-state index contributed by atoms with van der Waals surface area (Å²) < 4.78 is 0. The third-order valence-corrected chi connectivity index (χ3v) is 3.08. The molecule has 1 atom stereocenters. The molecule has 0 spiro atoms. The van der Waals surface area contributed by atoms with Crippen LogP contribution in [-0.4, -0.2) is 31.6 Å². The van der Waals surface area contributed by atoms with Crippen molar-refractivity contribution < 1.29 is 0 Å². The second-order valence-corrected chi connectivity index (χ2v) is 6.67. The Morgan fingerprint density at radius 2 is 1.79 bits per heavy atom. The molecule has 2 heteroatoms. The van der Waals surface area contributed by atoms with Gasteiger partial charge >= 0.3 is 0 Å². The molecule has 0 aliphatic rings. The van der Waals surface area contributed by atoms with Gasteiger partial charge in [0.25, 0.3) is 0 Å². The van der Waals surface area contributed by atoms with Gasteiger partial charge < -0.3 is 10.2 Å². The molecule has 0 radical (unpaired) electrons. The van der Waals surface area contributed by atoms with Gasteiger partial charge in [-0.15, -0.1) is 0 Å². The van der Waals surface area contributed by atoms with Crippen LogP contribution < -0.4 is 5.32 Å². The summed E-state index contributed by atoms with van der Waals surface area (Å²) in [6.07, 6.45) is 1.17. The SMILES string of the molecule is CCCNC(CN(C)CC(C)(C)C)c1ccccc1. The quantitative estimate of drug-likeness (QED) is 0.806. The molecule has 0 amide bonds. The van der Waals surface area contributed by atoms with E-state index < -0.39 is 0 Å². The normalized spacial score (nSPS) is 13.8. The zero-order valence-corrected chi connectivity index (χ0v) is 13.2. The predicted octanol–water partition coefficient (Wildman–Crippen LogP) is 3.71. The summed E-state index contributed by atoms with van der Waals surface area (Å²) in [5.41, 5.74) is 1.73. The Kier molecular flexibility index (Phi) is 6.53. The van der Waals surface area contributed by atoms with Crippen molar-refractivity contribution in [2.24, 2.45) is 5.41 Å². The Balaban J connectivity index is 2.65. The topological polar surface area (TPSA) is 15.3 Å². The minimum Gasteiger partial charge on any atom is -0.309 e. The first-order valence-electron chi connectivity index (χ1n) is 7.39. The van der Waals surface area contributed by atoms with Gasteiger partial charge in [-0.2, -0.15) is 0 Å². The van der Waals surface area contributed by atoms with E-state index in [-0.39, 0.29) is 0 Å². The maximum Gasteiger partial charge on any atom is 0.0449 e. The highest BCUT2D eigenvalue weighted by Gasteiger charge is 2.17. The fraction of sp³-hybridized carbons (Fsp3) is 0.647. The Morgan fingerprint density at radius 1 is 1.16 bits per heavy atom. The van der Waals surface area contributed by atoms with E-state index in [4.69, 9.17) is 0 Å². The minimum atomic E-state index is 0.348. The molecule has 0 saturated carbocycles. The molecule has 0 aliphatic carbocycles. The standard InChI is InChI=1S/C17H30N2/c1-6-12-18-16(15-10-8-7-9-11-15)13-19(5)14-17(2,3)4/h7-11,16,18H,6,12-14H2,1-5H3. The first-order chi connectivity index (χ1) is 8.92. The van der Waals surface area contributed by atoms with Crippen molar-refractivity contribution in [3.8, 4) is 0 Å². The van der Waals surface area contributed by atoms with Crippen molar-refractivity contribution in [2.45, 2.75) is 40.2 Å². The van der Waals surface area contributed by atoms with E-state index in [2.05, 4.69) is 75.3 Å². The van der Waals surface area contributed by atoms with Crippen LogP contribution in [0.1, 0.15) is 45.7 Å². The molecule has 0 aliphatic heterocycles. The third-order valence-electron chi connectivity index (χ3n) is 3.08. The molecule has 108 valence electrons. The maximum absolute atomic E-state index is 3.66. The number of likely N-dealkylation sites (N-methyl/N-ethyl adjacent to an activating group) is 1. The smallest absolute Gasteiger partial charge is 0.0449 e. The van der Waals surface area contributed by atoms with Gasteiger partial charge in [0.15, 0.2) is 0 Å². The Hall–Kier alpha value is -0.860. The highest BCUT2D eigenvalue weighted by molar-refractivity contribution is 5.19. The fourth-order valence-corrected chi connectivity index (χ4v) is 2.48. The number of rotatable bonds is 7. The molecule has 0 aromatic heterocycles. The molecule has 1 N–H and O–H groups in total. The number of hydrogen-bond donors (Lipinski definition) is 1. The lowest BCUT2D eigenvalue weighted by Crippen LogP contribution is -2.37. The van der Waals surface area contributed by atoms with Gasteiger partial charge in [-0.1, -0.05) is 58.0 Å². The van der Waals surface area contributed by atoms with E-state index in [1.54, 1.807) is 0 Å². The molecule has 0 fully saturated rings. The van der Waals surface area contributed by atoms with Gasteiger partial charge in [0.2, 0.25) is 0 Å². The van der Waals surface area contributed by atoms with Gasteiger partial charge in [0.1, 0.15) is 0 Å². The van der Waals surface area contributed by atoms with E-state index in [9.17, 15) is 0 Å². The van der Waals surface area contributed by atoms with Crippen LogP contribution in [0.3, 0.4) is 0 Å². The first-order valence-corrected chi connectivity index (χ1v) is 7.39. The molecule has 1 aromatic carbocycles. The zero-order chi connectivity index (χ0) is 14.3. The van der Waals surface area contributed by atoms with Crippen LogP contribution in [0.5, 0.6) is 0 Å². The molecule has 0 saturated heterocycles. The van der Waals surface area contributed by atoms with E-state index in [1.165, 1.54) is 12.0 Å². The van der Waals surface area contributed by atoms with E-state index in [0.29, 0.717) is 11.5 Å². The molecule has 19 heavy (non-hydrogen) atoms. The lowest BCUT2D eigenvalue weighted by molar-refractivity contribution is 0.208. The predicted molar refractivity (Wildman–Crippen MR) is 84.4 cm³/mol. The monoisotopic (exact) mass is 262 g/mol. The first kappa shape index (κ1) is 16.2. The van der Waals surface area contributed by atoms with Gasteiger partial charge in [-0.05, 0) is 31.0 Å². The number of hydrogen-bond acceptors (Lipinski definition) is 2. The summed E-state index contributed by atoms with van der Waals surface area (Å²) in [5, 5.41) is 3.66. The molecule has 0 heterocycles. The minimum absolute atomic E-state index is 0.348. The summed E-state index contributed by atoms with van der Waals surface area (Å²) in [6.45, 7) is 12.3. The lowest BCUT2D eigenvalue weighted by atomic mass is 9.95. The number of nitrogens with zero attached hydrogens (tertiary/aromatic N) is 1. The summed E-state index contributed by atoms with van der Waals surface area (Å²) in [5.74, 6) is 0. The second kappa shape index (κ2) is 7.66. The van der Waals surface area contributed by atoms with Gasteiger partial charge in [-0.25, -0.2) is 0 Å². The van der Waals surface area contributed by atoms with Crippen LogP contribution >= 0.6 is 0 Å². The fourth-order valence-electron chi connectivity index (χ4n) is 2.48. The maximum atomic E-state index is 3.66. The second-order valence-electron chi connectivity index (χ2n) is 6.67. The summed E-state index contributed by atoms with van der Waals surface area (Å²) in [7, 11) is 2.22. The zero-order valence-electron chi connectivity index (χ0n) is 13.2. The molecular weight excluding hydrogens is 232 g/mol. The highest BCUT2D eigenvalue weighted by Crippen LogP contribution is 2.18. The Bertz CT molecular complexity index is 340. The van der Waals surface area contributed by atoms with Crippen LogP contribution in [0.4, 0.5) is 0 Å².